The smallest absolute Gasteiger partial charge is 0.132 e. The van der Waals surface area contributed by atoms with Gasteiger partial charge in [-0.1, -0.05) is 32.9 Å². The Kier molecular flexibility index (Phi) is 16.6. The van der Waals surface area contributed by atoms with E-state index >= 15 is 0 Å². The fourth-order valence-corrected chi connectivity index (χ4v) is 10.9. The van der Waals surface area contributed by atoms with Crippen LogP contribution in [-0.4, -0.2) is 107 Å². The van der Waals surface area contributed by atoms with Crippen LogP contribution < -0.4 is 28.7 Å². The standard InChI is InChI=1S/C29H39N3O4.C29H39N3O3/c1-5-23-29(31(17-20-9-10-20)18-21-11-13-36-14-12-21)25-8-6-7-24(32(25)30-23)28-26(34-3)15-22(19-33-2)16-27(28)35-4;1-5-20-16-26(33-3)28(27(17-20)34-4)24-8-7-9-25-29(23(6-2)30-32(24)25)31(18-21-10-11-21)19-22-12-14-35-15-13-22/h6-8,15-16,20-21H,5,9-14,17-19H2,1-4H3;7-9,16-17,21-22H,5-6,10-15,18-19H2,1-4H3. The van der Waals surface area contributed by atoms with E-state index in [1.807, 2.05) is 12.1 Å². The molecule has 2 saturated heterocycles. The number of hydrogen-bond acceptors (Lipinski definition) is 11. The highest BCUT2D eigenvalue weighted by molar-refractivity contribution is 5.84. The average Bonchev–Trinajstić information content (AvgIpc) is 4.35. The zero-order chi connectivity index (χ0) is 49.4. The zero-order valence-corrected chi connectivity index (χ0v) is 43.8. The first kappa shape index (κ1) is 50.4. The number of aryl methyl sites for hydroxylation is 3. The predicted octanol–water partition coefficient (Wildman–Crippen LogP) is 11.2. The van der Waals surface area contributed by atoms with Crippen molar-refractivity contribution in [2.24, 2.45) is 23.7 Å². The average molecular weight is 971 g/mol. The van der Waals surface area contributed by atoms with Crippen molar-refractivity contribution < 1.29 is 33.2 Å². The molecule has 0 atom stereocenters. The lowest BCUT2D eigenvalue weighted by Gasteiger charge is -2.31. The zero-order valence-electron chi connectivity index (χ0n) is 43.8. The Balaban J connectivity index is 0.000000176. The monoisotopic (exact) mass is 971 g/mol. The van der Waals surface area contributed by atoms with Crippen molar-refractivity contribution in [3.8, 4) is 45.5 Å². The van der Waals surface area contributed by atoms with E-state index in [4.69, 9.17) is 43.4 Å². The maximum atomic E-state index is 5.86. The van der Waals surface area contributed by atoms with E-state index in [-0.39, 0.29) is 0 Å². The van der Waals surface area contributed by atoms with Crippen LogP contribution in [0, 0.1) is 23.7 Å². The molecule has 0 bridgehead atoms. The second kappa shape index (κ2) is 23.4. The molecule has 382 valence electrons. The van der Waals surface area contributed by atoms with Gasteiger partial charge in [-0.3, -0.25) is 0 Å². The number of hydrogen-bond donors (Lipinski definition) is 0. The molecule has 4 aliphatic rings. The van der Waals surface area contributed by atoms with Crippen LogP contribution in [0.3, 0.4) is 0 Å². The third-order valence-electron chi connectivity index (χ3n) is 15.1. The Bertz CT molecular complexity index is 2660. The minimum atomic E-state index is 0.492. The predicted molar refractivity (Wildman–Crippen MR) is 283 cm³/mol. The summed E-state index contributed by atoms with van der Waals surface area (Å²) >= 11 is 0. The van der Waals surface area contributed by atoms with Gasteiger partial charge in [-0.2, -0.15) is 10.2 Å². The lowest BCUT2D eigenvalue weighted by atomic mass is 9.99. The van der Waals surface area contributed by atoms with Gasteiger partial charge in [-0.05, 0) is 154 Å². The van der Waals surface area contributed by atoms with Crippen LogP contribution >= 0.6 is 0 Å². The summed E-state index contributed by atoms with van der Waals surface area (Å²) < 4.78 is 44.3. The first-order chi connectivity index (χ1) is 34.8. The Morgan fingerprint density at radius 3 is 1.18 bits per heavy atom. The molecule has 13 heteroatoms. The maximum absolute atomic E-state index is 5.86. The summed E-state index contributed by atoms with van der Waals surface area (Å²) in [7, 11) is 8.56. The quantitative estimate of drug-likeness (QED) is 0.0688. The third-order valence-corrected chi connectivity index (χ3v) is 15.1. The summed E-state index contributed by atoms with van der Waals surface area (Å²) in [5.41, 5.74) is 13.2. The molecule has 13 nitrogen and oxygen atoms in total. The highest BCUT2D eigenvalue weighted by atomic mass is 16.5. The van der Waals surface area contributed by atoms with Crippen molar-refractivity contribution in [3.63, 3.8) is 0 Å². The lowest BCUT2D eigenvalue weighted by Crippen LogP contribution is -2.34. The topological polar surface area (TPSA) is 106 Å². The van der Waals surface area contributed by atoms with Crippen LogP contribution in [0.25, 0.3) is 33.5 Å². The van der Waals surface area contributed by atoms with E-state index in [1.54, 1.807) is 35.5 Å². The van der Waals surface area contributed by atoms with Crippen LogP contribution in [-0.2, 0) is 40.1 Å². The van der Waals surface area contributed by atoms with Crippen molar-refractivity contribution >= 4 is 22.4 Å². The van der Waals surface area contributed by atoms with Gasteiger partial charge >= 0.3 is 0 Å². The Labute approximate surface area is 421 Å². The van der Waals surface area contributed by atoms with Crippen LogP contribution in [0.4, 0.5) is 11.4 Å². The first-order valence-corrected chi connectivity index (χ1v) is 26.5. The van der Waals surface area contributed by atoms with Gasteiger partial charge in [0.05, 0.1) is 91.4 Å². The summed E-state index contributed by atoms with van der Waals surface area (Å²) in [4.78, 5) is 5.28. The molecule has 4 aromatic heterocycles. The summed E-state index contributed by atoms with van der Waals surface area (Å²) in [6.07, 6.45) is 12.6. The van der Waals surface area contributed by atoms with E-state index in [1.165, 1.54) is 42.6 Å². The molecule has 0 N–H and O–H groups in total. The molecule has 2 aromatic carbocycles. The van der Waals surface area contributed by atoms with Gasteiger partial charge in [0.15, 0.2) is 0 Å². The van der Waals surface area contributed by atoms with Crippen LogP contribution in [0.2, 0.25) is 0 Å². The second-order valence-electron chi connectivity index (χ2n) is 20.1. The SMILES string of the molecule is CCc1cc(OC)c(-c2cccc3c(N(CC4CCOCC4)CC4CC4)c(CC)nn23)c(OC)c1.CCc1nn2c(-c3c(OC)cc(COC)cc3OC)cccc2c1N(CC1CCOCC1)CC1CC1. The van der Waals surface area contributed by atoms with Crippen molar-refractivity contribution in [1.82, 2.24) is 19.2 Å². The van der Waals surface area contributed by atoms with Gasteiger partial charge in [0.2, 0.25) is 0 Å². The molecule has 0 unspecified atom stereocenters. The van der Waals surface area contributed by atoms with E-state index in [2.05, 4.69) is 88.1 Å². The number of pyridine rings is 2. The lowest BCUT2D eigenvalue weighted by molar-refractivity contribution is 0.0680. The molecular weight excluding hydrogens is 893 g/mol. The van der Waals surface area contributed by atoms with Gasteiger partial charge in [0, 0.05) is 59.7 Å². The Hall–Kier alpha value is -5.50. The Morgan fingerprint density at radius 2 is 0.859 bits per heavy atom. The van der Waals surface area contributed by atoms with Crippen molar-refractivity contribution in [2.75, 3.05) is 98.0 Å². The van der Waals surface area contributed by atoms with Gasteiger partial charge in [-0.25, -0.2) is 9.03 Å². The van der Waals surface area contributed by atoms with Gasteiger partial charge in [0.25, 0.3) is 0 Å². The van der Waals surface area contributed by atoms with Gasteiger partial charge < -0.3 is 43.0 Å². The molecule has 2 aliphatic heterocycles. The normalized spacial score (nSPS) is 16.5. The summed E-state index contributed by atoms with van der Waals surface area (Å²) in [6.45, 7) is 14.9. The third kappa shape index (κ3) is 11.3. The molecule has 6 heterocycles. The van der Waals surface area contributed by atoms with Crippen molar-refractivity contribution in [1.29, 1.82) is 0 Å². The molecular formula is C58H78N6O7. The van der Waals surface area contributed by atoms with E-state index in [9.17, 15) is 0 Å². The molecule has 4 fully saturated rings. The minimum Gasteiger partial charge on any atom is -0.496 e. The molecule has 0 amide bonds. The molecule has 0 spiro atoms. The number of methoxy groups -OCH3 is 5. The maximum Gasteiger partial charge on any atom is 0.132 e. The van der Waals surface area contributed by atoms with E-state index in [0.717, 1.165) is 183 Å². The number of benzene rings is 2. The van der Waals surface area contributed by atoms with Crippen molar-refractivity contribution in [3.05, 3.63) is 83.2 Å². The minimum absolute atomic E-state index is 0.492. The van der Waals surface area contributed by atoms with E-state index < -0.39 is 0 Å². The summed E-state index contributed by atoms with van der Waals surface area (Å²) in [6, 6.07) is 21.2. The molecule has 10 rings (SSSR count). The fraction of sp³-hybridized carbons (Fsp3) is 0.552. The van der Waals surface area contributed by atoms with E-state index in [0.29, 0.717) is 18.4 Å². The number of aromatic nitrogens is 4. The number of nitrogens with zero attached hydrogens (tertiary/aromatic N) is 6. The largest absolute Gasteiger partial charge is 0.496 e. The fourth-order valence-electron chi connectivity index (χ4n) is 10.9. The van der Waals surface area contributed by atoms with Crippen LogP contribution in [0.1, 0.15) is 94.7 Å². The van der Waals surface area contributed by atoms with Crippen LogP contribution in [0.5, 0.6) is 23.0 Å². The van der Waals surface area contributed by atoms with Gasteiger partial charge in [0.1, 0.15) is 23.0 Å². The molecule has 71 heavy (non-hydrogen) atoms. The first-order valence-electron chi connectivity index (χ1n) is 26.5. The Morgan fingerprint density at radius 1 is 0.493 bits per heavy atom. The molecule has 2 saturated carbocycles. The highest BCUT2D eigenvalue weighted by Crippen LogP contribution is 2.44. The second-order valence-corrected chi connectivity index (χ2v) is 20.1. The van der Waals surface area contributed by atoms with Gasteiger partial charge in [-0.15, -0.1) is 0 Å². The molecule has 0 radical (unpaired) electrons. The summed E-state index contributed by atoms with van der Waals surface area (Å²) in [5, 5.41) is 10.4. The van der Waals surface area contributed by atoms with Crippen LogP contribution in [0.15, 0.2) is 60.7 Å². The molecule has 2 aliphatic carbocycles. The van der Waals surface area contributed by atoms with Crippen molar-refractivity contribution in [2.45, 2.75) is 98.0 Å². The number of anilines is 2. The molecule has 6 aromatic rings. The summed E-state index contributed by atoms with van der Waals surface area (Å²) in [5.74, 6) is 6.07. The number of rotatable bonds is 21. The number of fused-ring (bicyclic) bond motifs is 2. The number of ether oxygens (including phenoxy) is 7. The highest BCUT2D eigenvalue weighted by Gasteiger charge is 2.32.